The van der Waals surface area contributed by atoms with E-state index < -0.39 is 27.0 Å². The molecule has 10 heteroatoms. The molecule has 0 unspecified atom stereocenters. The van der Waals surface area contributed by atoms with Gasteiger partial charge in [-0.05, 0) is 44.9 Å². The summed E-state index contributed by atoms with van der Waals surface area (Å²) in [7, 11) is 0. The Morgan fingerprint density at radius 3 is 1.50 bits per heavy atom. The maximum atomic E-state index is 10.8. The van der Waals surface area contributed by atoms with Gasteiger partial charge in [-0.25, -0.2) is 0 Å². The predicted octanol–water partition coefficient (Wildman–Crippen LogP) is 5.02. The molecular formula is C20H31N3O7. The minimum absolute atomic E-state index is 0.0646. The number of nitro groups is 3. The van der Waals surface area contributed by atoms with Gasteiger partial charge in [0, 0.05) is 6.42 Å². The van der Waals surface area contributed by atoms with Crippen LogP contribution >= 0.6 is 0 Å². The molecule has 0 aliphatic rings. The van der Waals surface area contributed by atoms with Crippen molar-refractivity contribution in [2.45, 2.75) is 82.8 Å². The maximum Gasteiger partial charge on any atom is 0.699 e. The minimum atomic E-state index is -3.33. The molecule has 0 atom stereocenters. The van der Waals surface area contributed by atoms with Crippen molar-refractivity contribution in [1.29, 1.82) is 0 Å². The van der Waals surface area contributed by atoms with Crippen molar-refractivity contribution in [2.75, 3.05) is 0 Å². The van der Waals surface area contributed by atoms with Crippen LogP contribution in [0.25, 0.3) is 0 Å². The third kappa shape index (κ3) is 11.2. The van der Waals surface area contributed by atoms with E-state index in [1.807, 2.05) is 0 Å². The first kappa shape index (κ1) is 27.1. The number of allylic oxidation sites excluding steroid dienone is 6. The molecular weight excluding hydrogens is 394 g/mol. The molecule has 0 amide bonds. The molecule has 0 bridgehead atoms. The first-order valence-corrected chi connectivity index (χ1v) is 10.2. The lowest BCUT2D eigenvalue weighted by atomic mass is 10.1. The Labute approximate surface area is 176 Å². The van der Waals surface area contributed by atoms with Gasteiger partial charge in [0.1, 0.15) is 6.29 Å². The van der Waals surface area contributed by atoms with Crippen molar-refractivity contribution in [3.63, 3.8) is 0 Å². The summed E-state index contributed by atoms with van der Waals surface area (Å²) in [5, 5.41) is 32.4. The summed E-state index contributed by atoms with van der Waals surface area (Å²) in [4.78, 5) is 38.3. The summed E-state index contributed by atoms with van der Waals surface area (Å²) >= 11 is 0. The number of unbranched alkanes of at least 4 members (excludes halogenated alkanes) is 7. The van der Waals surface area contributed by atoms with Crippen molar-refractivity contribution >= 4 is 6.29 Å². The Morgan fingerprint density at radius 2 is 1.00 bits per heavy atom. The van der Waals surface area contributed by atoms with E-state index in [0.717, 1.165) is 57.7 Å². The highest BCUT2D eigenvalue weighted by Crippen LogP contribution is 2.21. The highest BCUT2D eigenvalue weighted by Gasteiger charge is 2.69. The van der Waals surface area contributed by atoms with E-state index in [0.29, 0.717) is 12.8 Å². The average Bonchev–Trinajstić information content (AvgIpc) is 2.69. The van der Waals surface area contributed by atoms with E-state index in [4.69, 9.17) is 0 Å². The topological polar surface area (TPSA) is 146 Å². The van der Waals surface area contributed by atoms with E-state index in [9.17, 15) is 35.1 Å². The molecule has 0 N–H and O–H groups in total. The second-order valence-corrected chi connectivity index (χ2v) is 6.84. The smallest absolute Gasteiger partial charge is 0.303 e. The first-order chi connectivity index (χ1) is 14.4. The number of hydrogen-bond donors (Lipinski definition) is 0. The summed E-state index contributed by atoms with van der Waals surface area (Å²) in [6.07, 6.45) is 20.8. The van der Waals surface area contributed by atoms with Crippen molar-refractivity contribution in [2.24, 2.45) is 0 Å². The van der Waals surface area contributed by atoms with Gasteiger partial charge in [-0.15, -0.1) is 0 Å². The van der Waals surface area contributed by atoms with Gasteiger partial charge in [0.05, 0.1) is 0 Å². The number of nitrogens with zero attached hydrogens (tertiary/aromatic N) is 3. The summed E-state index contributed by atoms with van der Waals surface area (Å²) in [6, 6.07) is 0. The van der Waals surface area contributed by atoms with Crippen LogP contribution in [0.1, 0.15) is 77.0 Å². The normalized spacial score (nSPS) is 12.1. The van der Waals surface area contributed by atoms with Gasteiger partial charge in [0.25, 0.3) is 0 Å². The first-order valence-electron chi connectivity index (χ1n) is 10.2. The number of rotatable bonds is 19. The van der Waals surface area contributed by atoms with Gasteiger partial charge in [0.15, 0.2) is 21.2 Å². The highest BCUT2D eigenvalue weighted by molar-refractivity contribution is 5.49. The van der Waals surface area contributed by atoms with Gasteiger partial charge in [-0.2, -0.15) is 0 Å². The molecule has 0 aliphatic heterocycles. The standard InChI is InChI=1S/C20H31N3O7/c24-19-17-15-13-11-9-7-5-3-1-2-4-6-8-10-12-14-16-18-20(21(25)26,22(27)28)23(29)30/h2-5,9,11,19H,1,6-8,10,12-18H2. The zero-order chi connectivity index (χ0) is 22.7. The molecule has 0 aromatic heterocycles. The number of aldehydes is 1. The van der Waals surface area contributed by atoms with Gasteiger partial charge in [0.2, 0.25) is 0 Å². The molecule has 0 aromatic carbocycles. The van der Waals surface area contributed by atoms with Crippen LogP contribution in [0.3, 0.4) is 0 Å². The number of hydrogen-bond acceptors (Lipinski definition) is 7. The van der Waals surface area contributed by atoms with Gasteiger partial charge >= 0.3 is 5.79 Å². The van der Waals surface area contributed by atoms with Crippen LogP contribution in [0.5, 0.6) is 0 Å². The SMILES string of the molecule is O=CCCCC=CCC=CCC=CCCCCCCCC([N+](=O)[O-])([N+](=O)[O-])[N+](=O)[O-]. The molecule has 0 saturated heterocycles. The quantitative estimate of drug-likeness (QED) is 0.0704. The Balaban J connectivity index is 3.79. The molecule has 168 valence electrons. The molecule has 0 spiro atoms. The van der Waals surface area contributed by atoms with Crippen molar-refractivity contribution < 1.29 is 19.6 Å². The second kappa shape index (κ2) is 17.0. The Kier molecular flexibility index (Phi) is 15.3. The highest BCUT2D eigenvalue weighted by atomic mass is 16.7. The molecule has 0 radical (unpaired) electrons. The Morgan fingerprint density at radius 1 is 0.567 bits per heavy atom. The van der Waals surface area contributed by atoms with Crippen molar-refractivity contribution in [3.8, 4) is 0 Å². The van der Waals surface area contributed by atoms with E-state index >= 15 is 0 Å². The second-order valence-electron chi connectivity index (χ2n) is 6.84. The molecule has 0 aromatic rings. The largest absolute Gasteiger partial charge is 0.699 e. The summed E-state index contributed by atoms with van der Waals surface area (Å²) < 4.78 is 0. The number of carbonyl (C=O) groups is 1. The van der Waals surface area contributed by atoms with Crippen LogP contribution in [0.4, 0.5) is 0 Å². The lowest BCUT2D eigenvalue weighted by Gasteiger charge is -2.08. The molecule has 10 nitrogen and oxygen atoms in total. The maximum absolute atomic E-state index is 10.8. The zero-order valence-electron chi connectivity index (χ0n) is 17.2. The van der Waals surface area contributed by atoms with Crippen molar-refractivity contribution in [3.05, 3.63) is 66.8 Å². The molecule has 0 rings (SSSR count). The fourth-order valence-corrected chi connectivity index (χ4v) is 2.73. The molecule has 0 saturated carbocycles. The van der Waals surface area contributed by atoms with Crippen LogP contribution in [0, 0.1) is 30.3 Å². The lowest BCUT2D eigenvalue weighted by Crippen LogP contribution is -2.53. The predicted molar refractivity (Wildman–Crippen MR) is 113 cm³/mol. The lowest BCUT2D eigenvalue weighted by molar-refractivity contribution is -0.970. The summed E-state index contributed by atoms with van der Waals surface area (Å²) in [5.74, 6) is -3.33. The fraction of sp³-hybridized carbons (Fsp3) is 0.650. The molecule has 0 heterocycles. The fourth-order valence-electron chi connectivity index (χ4n) is 2.73. The van der Waals surface area contributed by atoms with Crippen LogP contribution in [-0.2, 0) is 4.79 Å². The average molecular weight is 425 g/mol. The molecule has 30 heavy (non-hydrogen) atoms. The van der Waals surface area contributed by atoms with Crippen LogP contribution in [0.15, 0.2) is 36.5 Å². The van der Waals surface area contributed by atoms with Gasteiger partial charge in [-0.3, -0.25) is 30.3 Å². The summed E-state index contributed by atoms with van der Waals surface area (Å²) in [5.41, 5.74) is 0. The third-order valence-electron chi connectivity index (χ3n) is 4.50. The van der Waals surface area contributed by atoms with E-state index in [2.05, 4.69) is 36.5 Å². The van der Waals surface area contributed by atoms with E-state index in [1.54, 1.807) is 0 Å². The zero-order valence-corrected chi connectivity index (χ0v) is 17.2. The molecule has 0 fully saturated rings. The number of carbonyl (C=O) groups excluding carboxylic acids is 1. The monoisotopic (exact) mass is 425 g/mol. The molecule has 0 aliphatic carbocycles. The van der Waals surface area contributed by atoms with Crippen LogP contribution in [0.2, 0.25) is 0 Å². The van der Waals surface area contributed by atoms with Crippen molar-refractivity contribution in [1.82, 2.24) is 0 Å². The Hall–Kier alpha value is -2.91. The van der Waals surface area contributed by atoms with Crippen LogP contribution < -0.4 is 0 Å². The third-order valence-corrected chi connectivity index (χ3v) is 4.50. The van der Waals surface area contributed by atoms with Crippen LogP contribution in [-0.4, -0.2) is 26.8 Å². The van der Waals surface area contributed by atoms with Gasteiger partial charge in [-0.1, -0.05) is 55.7 Å². The summed E-state index contributed by atoms with van der Waals surface area (Å²) in [6.45, 7) is 0. The Bertz CT molecular complexity index is 594. The van der Waals surface area contributed by atoms with E-state index in [-0.39, 0.29) is 6.42 Å². The minimum Gasteiger partial charge on any atom is -0.303 e. The van der Waals surface area contributed by atoms with Gasteiger partial charge < -0.3 is 4.79 Å². The van der Waals surface area contributed by atoms with E-state index in [1.165, 1.54) is 0 Å².